The van der Waals surface area contributed by atoms with Gasteiger partial charge in [0.2, 0.25) is 0 Å². The zero-order valence-corrected chi connectivity index (χ0v) is 14.4. The predicted molar refractivity (Wildman–Crippen MR) is 86.3 cm³/mol. The van der Waals surface area contributed by atoms with Gasteiger partial charge in [-0.3, -0.25) is 4.90 Å². The largest absolute Gasteiger partial charge is 0.383 e. The second-order valence-corrected chi connectivity index (χ2v) is 7.43. The van der Waals surface area contributed by atoms with Crippen LogP contribution < -0.4 is 5.32 Å². The van der Waals surface area contributed by atoms with Gasteiger partial charge in [0, 0.05) is 31.8 Å². The molecule has 4 heteroatoms. The Kier molecular flexibility index (Phi) is 7.45. The van der Waals surface area contributed by atoms with Crippen molar-refractivity contribution >= 4 is 0 Å². The molecular weight excluding hydrogens is 250 g/mol. The summed E-state index contributed by atoms with van der Waals surface area (Å²) in [5.41, 5.74) is 0.167. The van der Waals surface area contributed by atoms with Gasteiger partial charge < -0.3 is 15.0 Å². The van der Waals surface area contributed by atoms with E-state index in [9.17, 15) is 0 Å². The molecule has 0 aliphatic carbocycles. The number of hydrogen-bond donors (Lipinski definition) is 1. The first-order chi connectivity index (χ1) is 9.31. The second kappa shape index (κ2) is 8.32. The quantitative estimate of drug-likeness (QED) is 0.770. The lowest BCUT2D eigenvalue weighted by molar-refractivity contribution is 0.0811. The molecule has 0 aromatic carbocycles. The Morgan fingerprint density at radius 3 is 2.40 bits per heavy atom. The predicted octanol–water partition coefficient (Wildman–Crippen LogP) is 1.66. The first kappa shape index (κ1) is 17.9. The van der Waals surface area contributed by atoms with Crippen LogP contribution in [0.25, 0.3) is 0 Å². The highest BCUT2D eigenvalue weighted by Gasteiger charge is 2.23. The number of ether oxygens (including phenoxy) is 1. The van der Waals surface area contributed by atoms with Crippen LogP contribution in [-0.4, -0.2) is 75.4 Å². The van der Waals surface area contributed by atoms with Crippen molar-refractivity contribution in [1.29, 1.82) is 0 Å². The lowest BCUT2D eigenvalue weighted by Crippen LogP contribution is -2.50. The van der Waals surface area contributed by atoms with Gasteiger partial charge in [0.25, 0.3) is 0 Å². The highest BCUT2D eigenvalue weighted by molar-refractivity contribution is 4.80. The minimum absolute atomic E-state index is 0.167. The molecule has 1 aliphatic rings. The molecule has 120 valence electrons. The van der Waals surface area contributed by atoms with Crippen LogP contribution in [0.2, 0.25) is 0 Å². The fourth-order valence-corrected chi connectivity index (χ4v) is 2.76. The third-order valence-electron chi connectivity index (χ3n) is 4.23. The molecular formula is C16H35N3O. The number of likely N-dealkylation sites (tertiary alicyclic amines) is 1. The molecule has 1 saturated heterocycles. The van der Waals surface area contributed by atoms with E-state index in [1.165, 1.54) is 32.5 Å². The van der Waals surface area contributed by atoms with Crippen molar-refractivity contribution in [1.82, 2.24) is 15.1 Å². The molecule has 0 bridgehead atoms. The molecule has 1 aliphatic heterocycles. The highest BCUT2D eigenvalue weighted by Crippen LogP contribution is 2.17. The molecule has 0 amide bonds. The maximum atomic E-state index is 5.41. The van der Waals surface area contributed by atoms with Gasteiger partial charge in [-0.05, 0) is 66.7 Å². The molecule has 1 unspecified atom stereocenters. The Morgan fingerprint density at radius 1 is 1.30 bits per heavy atom. The minimum atomic E-state index is 0.167. The molecule has 1 fully saturated rings. The number of piperidine rings is 1. The smallest absolute Gasteiger partial charge is 0.0630 e. The van der Waals surface area contributed by atoms with E-state index in [-0.39, 0.29) is 5.54 Å². The lowest BCUT2D eigenvalue weighted by atomic mass is 9.96. The Morgan fingerprint density at radius 2 is 1.90 bits per heavy atom. The van der Waals surface area contributed by atoms with Gasteiger partial charge in [-0.15, -0.1) is 0 Å². The van der Waals surface area contributed by atoms with E-state index in [2.05, 4.69) is 50.0 Å². The molecule has 4 nitrogen and oxygen atoms in total. The summed E-state index contributed by atoms with van der Waals surface area (Å²) in [5, 5.41) is 3.60. The molecule has 0 spiro atoms. The van der Waals surface area contributed by atoms with E-state index >= 15 is 0 Å². The summed E-state index contributed by atoms with van der Waals surface area (Å²) in [6.07, 6.45) is 2.65. The van der Waals surface area contributed by atoms with Crippen LogP contribution >= 0.6 is 0 Å². The first-order valence-electron chi connectivity index (χ1n) is 7.94. The Hall–Kier alpha value is -0.160. The number of nitrogens with zero attached hydrogens (tertiary/aromatic N) is 2. The van der Waals surface area contributed by atoms with Crippen molar-refractivity contribution in [3.8, 4) is 0 Å². The summed E-state index contributed by atoms with van der Waals surface area (Å²) in [7, 11) is 6.26. The molecule has 1 atom stereocenters. The van der Waals surface area contributed by atoms with Crippen LogP contribution in [0.4, 0.5) is 0 Å². The van der Waals surface area contributed by atoms with E-state index in [0.29, 0.717) is 6.04 Å². The molecule has 0 radical (unpaired) electrons. The van der Waals surface area contributed by atoms with Gasteiger partial charge in [0.15, 0.2) is 0 Å². The van der Waals surface area contributed by atoms with Gasteiger partial charge in [-0.1, -0.05) is 0 Å². The van der Waals surface area contributed by atoms with Crippen LogP contribution in [0.1, 0.15) is 33.6 Å². The van der Waals surface area contributed by atoms with Crippen LogP contribution in [0.3, 0.4) is 0 Å². The average Bonchev–Trinajstić information content (AvgIpc) is 2.36. The maximum absolute atomic E-state index is 5.41. The van der Waals surface area contributed by atoms with E-state index in [1.54, 1.807) is 7.11 Å². The minimum Gasteiger partial charge on any atom is -0.383 e. The molecule has 0 aromatic rings. The van der Waals surface area contributed by atoms with Gasteiger partial charge in [0.1, 0.15) is 0 Å². The van der Waals surface area contributed by atoms with Gasteiger partial charge in [0.05, 0.1) is 6.61 Å². The zero-order chi connectivity index (χ0) is 15.2. The Labute approximate surface area is 125 Å². The van der Waals surface area contributed by atoms with Gasteiger partial charge >= 0.3 is 0 Å². The SMILES string of the molecule is COCC(CNC(C)(C)C)N(C)CC1CCN(C)CC1. The highest BCUT2D eigenvalue weighted by atomic mass is 16.5. The zero-order valence-electron chi connectivity index (χ0n) is 14.4. The van der Waals surface area contributed by atoms with Gasteiger partial charge in [-0.2, -0.15) is 0 Å². The average molecular weight is 285 g/mol. The van der Waals surface area contributed by atoms with E-state index in [0.717, 1.165) is 19.1 Å². The normalized spacial score (nSPS) is 20.6. The molecule has 1 N–H and O–H groups in total. The standard InChI is InChI=1S/C16H35N3O/c1-16(2,3)17-11-15(13-20-6)19(5)12-14-7-9-18(4)10-8-14/h14-15,17H,7-13H2,1-6H3. The summed E-state index contributed by atoms with van der Waals surface area (Å²) in [6.45, 7) is 12.1. The van der Waals surface area contributed by atoms with Gasteiger partial charge in [-0.25, -0.2) is 0 Å². The summed E-state index contributed by atoms with van der Waals surface area (Å²) in [6, 6.07) is 0.457. The van der Waals surface area contributed by atoms with Crippen LogP contribution in [-0.2, 0) is 4.74 Å². The summed E-state index contributed by atoms with van der Waals surface area (Å²) >= 11 is 0. The molecule has 1 rings (SSSR count). The van der Waals surface area contributed by atoms with Crippen LogP contribution in [0.15, 0.2) is 0 Å². The van der Waals surface area contributed by atoms with Crippen molar-refractivity contribution < 1.29 is 4.74 Å². The molecule has 0 saturated carbocycles. The molecule has 1 heterocycles. The Bertz CT molecular complexity index is 257. The summed E-state index contributed by atoms with van der Waals surface area (Å²) < 4.78 is 5.41. The lowest BCUT2D eigenvalue weighted by Gasteiger charge is -2.36. The molecule has 0 aromatic heterocycles. The summed E-state index contributed by atoms with van der Waals surface area (Å²) in [5.74, 6) is 0.838. The maximum Gasteiger partial charge on any atom is 0.0630 e. The van der Waals surface area contributed by atoms with Crippen molar-refractivity contribution in [2.24, 2.45) is 5.92 Å². The number of methoxy groups -OCH3 is 1. The Balaban J connectivity index is 2.40. The third kappa shape index (κ3) is 7.02. The fraction of sp³-hybridized carbons (Fsp3) is 1.00. The first-order valence-corrected chi connectivity index (χ1v) is 7.94. The number of rotatable bonds is 7. The second-order valence-electron chi connectivity index (χ2n) is 7.43. The van der Waals surface area contributed by atoms with Crippen LogP contribution in [0, 0.1) is 5.92 Å². The van der Waals surface area contributed by atoms with E-state index in [4.69, 9.17) is 4.74 Å². The number of likely N-dealkylation sites (N-methyl/N-ethyl adjacent to an activating group) is 1. The number of nitrogens with one attached hydrogen (secondary N) is 1. The number of hydrogen-bond acceptors (Lipinski definition) is 4. The topological polar surface area (TPSA) is 27.7 Å². The van der Waals surface area contributed by atoms with E-state index in [1.807, 2.05) is 0 Å². The molecule has 20 heavy (non-hydrogen) atoms. The van der Waals surface area contributed by atoms with Crippen molar-refractivity contribution in [3.05, 3.63) is 0 Å². The van der Waals surface area contributed by atoms with E-state index < -0.39 is 0 Å². The summed E-state index contributed by atoms with van der Waals surface area (Å²) in [4.78, 5) is 4.92. The monoisotopic (exact) mass is 285 g/mol. The third-order valence-corrected chi connectivity index (χ3v) is 4.23. The van der Waals surface area contributed by atoms with Crippen molar-refractivity contribution in [2.45, 2.75) is 45.2 Å². The fourth-order valence-electron chi connectivity index (χ4n) is 2.76. The van der Waals surface area contributed by atoms with Crippen LogP contribution in [0.5, 0.6) is 0 Å². The van der Waals surface area contributed by atoms with Crippen molar-refractivity contribution in [2.75, 3.05) is 54.0 Å². The van der Waals surface area contributed by atoms with Crippen molar-refractivity contribution in [3.63, 3.8) is 0 Å².